The van der Waals surface area contributed by atoms with E-state index in [1.165, 1.54) is 38.5 Å². The van der Waals surface area contributed by atoms with Gasteiger partial charge in [-0.3, -0.25) is 0 Å². The summed E-state index contributed by atoms with van der Waals surface area (Å²) in [6.45, 7) is 29.3. The first kappa shape index (κ1) is 26.7. The highest BCUT2D eigenvalue weighted by molar-refractivity contribution is 5.10. The summed E-state index contributed by atoms with van der Waals surface area (Å²) in [4.78, 5) is 0. The first-order chi connectivity index (χ1) is 13.0. The zero-order chi connectivity index (χ0) is 22.7. The lowest BCUT2D eigenvalue weighted by atomic mass is 9.55. The van der Waals surface area contributed by atoms with Gasteiger partial charge in [-0.05, 0) is 78.9 Å². The fourth-order valence-corrected chi connectivity index (χ4v) is 5.52. The highest BCUT2D eigenvalue weighted by Crippen LogP contribution is 2.53. The van der Waals surface area contributed by atoms with Crippen LogP contribution in [-0.4, -0.2) is 12.7 Å². The Morgan fingerprint density at radius 1 is 1.00 bits per heavy atom. The van der Waals surface area contributed by atoms with Crippen LogP contribution in [0.3, 0.4) is 0 Å². The predicted octanol–water partition coefficient (Wildman–Crippen LogP) is 9.07. The second-order valence-corrected chi connectivity index (χ2v) is 13.2. The number of allylic oxidation sites excluding steroid dienone is 2. The van der Waals surface area contributed by atoms with E-state index in [1.807, 2.05) is 0 Å². The van der Waals surface area contributed by atoms with Crippen LogP contribution in [-0.2, 0) is 4.74 Å². The van der Waals surface area contributed by atoms with Gasteiger partial charge in [0.2, 0.25) is 0 Å². The molecule has 0 aromatic heterocycles. The van der Waals surface area contributed by atoms with Crippen molar-refractivity contribution in [2.24, 2.45) is 33.5 Å². The zero-order valence-electron chi connectivity index (χ0n) is 22.2. The minimum Gasteiger partial charge on any atom is -0.378 e. The predicted molar refractivity (Wildman–Crippen MR) is 130 cm³/mol. The second kappa shape index (κ2) is 9.88. The fraction of sp³-hybridized carbons (Fsp3) is 0.929. The van der Waals surface area contributed by atoms with E-state index >= 15 is 0 Å². The Morgan fingerprint density at radius 3 is 1.97 bits per heavy atom. The lowest BCUT2D eigenvalue weighted by Gasteiger charge is -2.50. The molecule has 0 amide bonds. The molecule has 1 aliphatic carbocycles. The summed E-state index contributed by atoms with van der Waals surface area (Å²) in [7, 11) is 0. The molecule has 2 rings (SSSR count). The van der Waals surface area contributed by atoms with Crippen LogP contribution in [0.25, 0.3) is 0 Å². The van der Waals surface area contributed by atoms with Crippen molar-refractivity contribution in [3.63, 3.8) is 0 Å². The molecule has 0 bridgehead atoms. The Balaban J connectivity index is 0.000000291. The van der Waals surface area contributed by atoms with Gasteiger partial charge in [0.05, 0.1) is 6.10 Å². The maximum Gasteiger partial charge on any atom is 0.0583 e. The van der Waals surface area contributed by atoms with Crippen LogP contribution >= 0.6 is 0 Å². The Bertz CT molecular complexity index is 527. The monoisotopic (exact) mass is 406 g/mol. The smallest absolute Gasteiger partial charge is 0.0583 e. The molecule has 1 aliphatic heterocycles. The van der Waals surface area contributed by atoms with Crippen molar-refractivity contribution in [1.29, 1.82) is 0 Å². The average molecular weight is 407 g/mol. The SMILES string of the molecule is CC(C)CC1CC(C)(C(C)(C)C)CCO1.CC1=CCC(C(C)C)(C(C)(C)C)CC1. The number of hydrogen-bond acceptors (Lipinski definition) is 1. The van der Waals surface area contributed by atoms with Crippen LogP contribution < -0.4 is 0 Å². The van der Waals surface area contributed by atoms with Gasteiger partial charge in [-0.25, -0.2) is 0 Å². The molecular formula is C28H54O. The van der Waals surface area contributed by atoms with E-state index in [2.05, 4.69) is 89.2 Å². The van der Waals surface area contributed by atoms with Crippen molar-refractivity contribution in [3.8, 4) is 0 Å². The van der Waals surface area contributed by atoms with Crippen LogP contribution in [0.2, 0.25) is 0 Å². The van der Waals surface area contributed by atoms with Gasteiger partial charge in [-0.15, -0.1) is 0 Å². The van der Waals surface area contributed by atoms with E-state index < -0.39 is 0 Å². The highest BCUT2D eigenvalue weighted by Gasteiger charge is 2.44. The molecule has 0 saturated carbocycles. The number of hydrogen-bond donors (Lipinski definition) is 0. The average Bonchev–Trinajstić information content (AvgIpc) is 2.53. The molecule has 3 unspecified atom stereocenters. The van der Waals surface area contributed by atoms with E-state index in [0.29, 0.717) is 27.8 Å². The summed E-state index contributed by atoms with van der Waals surface area (Å²) in [6, 6.07) is 0. The zero-order valence-corrected chi connectivity index (χ0v) is 22.2. The minimum absolute atomic E-state index is 0.395. The molecular weight excluding hydrogens is 352 g/mol. The van der Waals surface area contributed by atoms with Crippen LogP contribution in [0.15, 0.2) is 11.6 Å². The summed E-state index contributed by atoms with van der Waals surface area (Å²) in [6.07, 6.45) is 10.6. The topological polar surface area (TPSA) is 9.23 Å². The molecule has 0 radical (unpaired) electrons. The fourth-order valence-electron chi connectivity index (χ4n) is 5.52. The quantitative estimate of drug-likeness (QED) is 0.425. The Hall–Kier alpha value is -0.300. The van der Waals surface area contributed by atoms with Gasteiger partial charge in [0.25, 0.3) is 0 Å². The summed E-state index contributed by atoms with van der Waals surface area (Å²) >= 11 is 0. The summed E-state index contributed by atoms with van der Waals surface area (Å²) < 4.78 is 5.88. The third-order valence-corrected chi connectivity index (χ3v) is 8.61. The normalized spacial score (nSPS) is 31.4. The van der Waals surface area contributed by atoms with E-state index in [-0.39, 0.29) is 0 Å². The van der Waals surface area contributed by atoms with E-state index in [4.69, 9.17) is 4.74 Å². The first-order valence-corrected chi connectivity index (χ1v) is 12.3. The molecule has 0 spiro atoms. The van der Waals surface area contributed by atoms with Crippen LogP contribution in [0.1, 0.15) is 122 Å². The van der Waals surface area contributed by atoms with Gasteiger partial charge >= 0.3 is 0 Å². The first-order valence-electron chi connectivity index (χ1n) is 12.3. The number of ether oxygens (including phenoxy) is 1. The van der Waals surface area contributed by atoms with Crippen LogP contribution in [0, 0.1) is 33.5 Å². The molecule has 0 aromatic rings. The summed E-state index contributed by atoms with van der Waals surface area (Å²) in [5.41, 5.74) is 3.38. The van der Waals surface area contributed by atoms with Gasteiger partial charge in [0.1, 0.15) is 0 Å². The Labute approximate surface area is 184 Å². The standard InChI is InChI=1S/C14H28O.C14H26/c1-11(2)9-12-10-14(6,7-8-15-12)13(3,4)5;1-11(2)14(13(4,5)6)9-7-12(3)8-10-14/h11-12H,7-10H2,1-6H3;7,11H,8-10H2,1-6H3. The Morgan fingerprint density at radius 2 is 1.59 bits per heavy atom. The summed E-state index contributed by atoms with van der Waals surface area (Å²) in [5, 5.41) is 0. The van der Waals surface area contributed by atoms with Crippen molar-refractivity contribution in [3.05, 3.63) is 11.6 Å². The van der Waals surface area contributed by atoms with Gasteiger partial charge in [0.15, 0.2) is 0 Å². The second-order valence-electron chi connectivity index (χ2n) is 13.2. The molecule has 1 heteroatoms. The lowest BCUT2D eigenvalue weighted by Crippen LogP contribution is -2.42. The maximum atomic E-state index is 5.88. The van der Waals surface area contributed by atoms with E-state index in [0.717, 1.165) is 18.4 Å². The molecule has 3 atom stereocenters. The highest BCUT2D eigenvalue weighted by atomic mass is 16.5. The number of rotatable bonds is 3. The van der Waals surface area contributed by atoms with Crippen molar-refractivity contribution in [2.75, 3.05) is 6.61 Å². The third-order valence-electron chi connectivity index (χ3n) is 8.61. The third kappa shape index (κ3) is 6.84. The molecule has 2 aliphatic rings. The maximum absolute atomic E-state index is 5.88. The van der Waals surface area contributed by atoms with Crippen molar-refractivity contribution in [2.45, 2.75) is 128 Å². The molecule has 172 valence electrons. The van der Waals surface area contributed by atoms with Crippen LogP contribution in [0.5, 0.6) is 0 Å². The van der Waals surface area contributed by atoms with Crippen molar-refractivity contribution < 1.29 is 4.74 Å². The van der Waals surface area contributed by atoms with Gasteiger partial charge in [-0.1, -0.05) is 87.8 Å². The van der Waals surface area contributed by atoms with Crippen LogP contribution in [0.4, 0.5) is 0 Å². The Kier molecular flexibility index (Phi) is 9.11. The van der Waals surface area contributed by atoms with Crippen molar-refractivity contribution >= 4 is 0 Å². The molecule has 1 saturated heterocycles. The minimum atomic E-state index is 0.395. The van der Waals surface area contributed by atoms with Crippen molar-refractivity contribution in [1.82, 2.24) is 0 Å². The van der Waals surface area contributed by atoms with Gasteiger partial charge < -0.3 is 4.74 Å². The van der Waals surface area contributed by atoms with E-state index in [9.17, 15) is 0 Å². The molecule has 0 aromatic carbocycles. The largest absolute Gasteiger partial charge is 0.378 e. The van der Waals surface area contributed by atoms with E-state index in [1.54, 1.807) is 5.57 Å². The van der Waals surface area contributed by atoms with Gasteiger partial charge in [-0.2, -0.15) is 0 Å². The molecule has 1 heterocycles. The van der Waals surface area contributed by atoms with Gasteiger partial charge in [0, 0.05) is 6.61 Å². The lowest BCUT2D eigenvalue weighted by molar-refractivity contribution is -0.0892. The summed E-state index contributed by atoms with van der Waals surface area (Å²) in [5.74, 6) is 1.53. The molecule has 0 N–H and O–H groups in total. The molecule has 29 heavy (non-hydrogen) atoms. The molecule has 1 fully saturated rings. The molecule has 1 nitrogen and oxygen atoms in total.